The number of Topliss-reactive ketones (excluding diaryl/α,β-unsaturated/α-hetero) is 1. The van der Waals surface area contributed by atoms with Crippen molar-refractivity contribution in [2.75, 3.05) is 22.5 Å². The van der Waals surface area contributed by atoms with Crippen LogP contribution in [-0.2, 0) is 30.1 Å². The van der Waals surface area contributed by atoms with Crippen LogP contribution in [-0.4, -0.2) is 45.6 Å². The summed E-state index contributed by atoms with van der Waals surface area (Å²) in [5, 5.41) is 2.87. The maximum Gasteiger partial charge on any atom is 0.412 e. The number of hydrogen-bond acceptors (Lipinski definition) is 8. The van der Waals surface area contributed by atoms with Crippen LogP contribution < -0.4 is 10.2 Å². The molecule has 10 nitrogen and oxygen atoms in total. The number of rotatable bonds is 8. The zero-order valence-corrected chi connectivity index (χ0v) is 29.4. The molecule has 7 rings (SSSR count). The molecule has 0 spiro atoms. The molecule has 1 aliphatic carbocycles. The van der Waals surface area contributed by atoms with Gasteiger partial charge in [-0.25, -0.2) is 13.2 Å². The molecule has 2 N–H and O–H groups in total. The number of nitrogens with zero attached hydrogens (tertiary/aromatic N) is 1. The molecule has 4 aromatic rings. The topological polar surface area (TPSA) is 147 Å². The average Bonchev–Trinajstić information content (AvgIpc) is 3.59. The number of carbonyl (C=O) groups excluding carboxylic acids is 2. The predicted molar refractivity (Wildman–Crippen MR) is 195 cm³/mol. The van der Waals surface area contributed by atoms with E-state index in [-0.39, 0.29) is 28.3 Å². The van der Waals surface area contributed by atoms with Crippen LogP contribution in [0.2, 0.25) is 0 Å². The van der Waals surface area contributed by atoms with Crippen molar-refractivity contribution in [1.29, 1.82) is 0 Å². The maximum atomic E-state index is 13.3. The summed E-state index contributed by atoms with van der Waals surface area (Å²) in [6.45, 7) is 4.19. The van der Waals surface area contributed by atoms with Crippen LogP contribution in [0.3, 0.4) is 0 Å². The molecule has 1 amide bonds. The van der Waals surface area contributed by atoms with Crippen molar-refractivity contribution in [3.63, 3.8) is 0 Å². The number of nitrogens with one attached hydrogen (secondary N) is 1. The summed E-state index contributed by atoms with van der Waals surface area (Å²) < 4.78 is 64.5. The Morgan fingerprint density at radius 3 is 2.16 bits per heavy atom. The van der Waals surface area contributed by atoms with Crippen molar-refractivity contribution >= 4 is 43.2 Å². The lowest BCUT2D eigenvalue weighted by atomic mass is 9.83. The summed E-state index contributed by atoms with van der Waals surface area (Å²) >= 11 is 0. The molecule has 0 radical (unpaired) electrons. The maximum absolute atomic E-state index is 13.3. The minimum absolute atomic E-state index is 0.0171. The molecule has 0 saturated carbocycles. The lowest BCUT2D eigenvalue weighted by Crippen LogP contribution is -2.28. The van der Waals surface area contributed by atoms with E-state index in [1.54, 1.807) is 30.4 Å². The van der Waals surface area contributed by atoms with E-state index < -0.39 is 49.1 Å². The second-order valence-electron chi connectivity index (χ2n) is 13.0. The second-order valence-corrected chi connectivity index (χ2v) is 16.5. The van der Waals surface area contributed by atoms with Crippen molar-refractivity contribution in [3.8, 4) is 11.1 Å². The van der Waals surface area contributed by atoms with Gasteiger partial charge in [0.25, 0.3) is 10.1 Å². The normalized spacial score (nSPS) is 18.6. The number of carbonyl (C=O) groups is 2. The van der Waals surface area contributed by atoms with Crippen LogP contribution >= 0.6 is 0 Å². The number of amides is 1. The number of allylic oxidation sites excluding steroid dienone is 6. The number of sulfone groups is 1. The third kappa shape index (κ3) is 6.19. The quantitative estimate of drug-likeness (QED) is 0.141. The molecule has 0 unspecified atom stereocenters. The van der Waals surface area contributed by atoms with Gasteiger partial charge in [0.05, 0.1) is 10.6 Å². The van der Waals surface area contributed by atoms with E-state index in [1.807, 2.05) is 79.4 Å². The van der Waals surface area contributed by atoms with Gasteiger partial charge in [-0.3, -0.25) is 14.7 Å². The highest BCUT2D eigenvalue weighted by atomic mass is 32.2. The lowest BCUT2D eigenvalue weighted by Gasteiger charge is -2.27. The van der Waals surface area contributed by atoms with E-state index in [4.69, 9.17) is 4.74 Å². The Morgan fingerprint density at radius 2 is 1.51 bits per heavy atom. The van der Waals surface area contributed by atoms with E-state index in [0.717, 1.165) is 39.2 Å². The molecule has 0 aromatic heterocycles. The van der Waals surface area contributed by atoms with E-state index in [9.17, 15) is 31.0 Å². The Morgan fingerprint density at radius 1 is 0.902 bits per heavy atom. The summed E-state index contributed by atoms with van der Waals surface area (Å²) in [6.07, 6.45) is 5.11. The fraction of sp³-hybridized carbons (Fsp3) is 0.179. The van der Waals surface area contributed by atoms with E-state index in [0.29, 0.717) is 5.69 Å². The average molecular weight is 723 g/mol. The van der Waals surface area contributed by atoms with E-state index in [2.05, 4.69) is 5.32 Å². The third-order valence-electron chi connectivity index (χ3n) is 9.47. The van der Waals surface area contributed by atoms with Crippen LogP contribution in [0.4, 0.5) is 16.2 Å². The summed E-state index contributed by atoms with van der Waals surface area (Å²) in [5.41, 5.74) is 6.18. The molecule has 2 aliphatic heterocycles. The van der Waals surface area contributed by atoms with Crippen LogP contribution in [0.5, 0.6) is 0 Å². The molecular formula is C39H34N2O8S2. The number of ketones is 1. The molecule has 51 heavy (non-hydrogen) atoms. The van der Waals surface area contributed by atoms with Gasteiger partial charge in [-0.05, 0) is 65.6 Å². The highest BCUT2D eigenvalue weighted by Crippen LogP contribution is 2.49. The fourth-order valence-corrected chi connectivity index (χ4v) is 9.16. The molecule has 0 fully saturated rings. The van der Waals surface area contributed by atoms with Gasteiger partial charge in [0.15, 0.2) is 6.10 Å². The summed E-state index contributed by atoms with van der Waals surface area (Å²) in [5.74, 6) is -1.00. The Bertz CT molecular complexity index is 2380. The number of anilines is 2. The standard InChI is InChI=1S/C39H34N2O8S2/c1-39(2)31-24-25(40-38(43)49-37-28-14-5-3-12-26(28)27-13-4-6-15-29(27)37)20-21-32(31)41(22-11-23-50(44,45)46)35(39)19-10-9-18-34-36(42)30-16-7-8-17-33(30)51(34,47)48/h3-10,12-21,24,37H,11,22-23H2,1-2H3,(H,40,43)(H,44,45,46). The number of fused-ring (bicyclic) bond motifs is 5. The van der Waals surface area contributed by atoms with Gasteiger partial charge in [0, 0.05) is 45.7 Å². The largest absolute Gasteiger partial charge is 0.436 e. The molecule has 0 bridgehead atoms. The lowest BCUT2D eigenvalue weighted by molar-refractivity contribution is 0.104. The molecule has 4 aromatic carbocycles. The molecule has 12 heteroatoms. The van der Waals surface area contributed by atoms with Gasteiger partial charge >= 0.3 is 6.09 Å². The number of hydrogen-bond donors (Lipinski definition) is 2. The Hall–Kier alpha value is -5.30. The van der Waals surface area contributed by atoms with Gasteiger partial charge in [-0.2, -0.15) is 8.42 Å². The first-order chi connectivity index (χ1) is 24.3. The van der Waals surface area contributed by atoms with Gasteiger partial charge in [0.1, 0.15) is 4.91 Å². The highest BCUT2D eigenvalue weighted by molar-refractivity contribution is 7.97. The molecule has 0 saturated heterocycles. The van der Waals surface area contributed by atoms with Crippen LogP contribution in [0.25, 0.3) is 11.1 Å². The summed E-state index contributed by atoms with van der Waals surface area (Å²) in [4.78, 5) is 27.8. The smallest absolute Gasteiger partial charge is 0.412 e. The molecule has 2 heterocycles. The molecule has 3 aliphatic rings. The van der Waals surface area contributed by atoms with Crippen molar-refractivity contribution < 1.29 is 35.7 Å². The first-order valence-corrected chi connectivity index (χ1v) is 19.4. The first-order valence-electron chi connectivity index (χ1n) is 16.3. The predicted octanol–water partition coefficient (Wildman–Crippen LogP) is 7.37. The van der Waals surface area contributed by atoms with Gasteiger partial charge in [-0.15, -0.1) is 0 Å². The van der Waals surface area contributed by atoms with Gasteiger partial charge in [0.2, 0.25) is 15.6 Å². The Balaban J connectivity index is 1.15. The molecule has 260 valence electrons. The zero-order chi connectivity index (χ0) is 36.1. The first kappa shape index (κ1) is 34.2. The minimum Gasteiger partial charge on any atom is -0.436 e. The van der Waals surface area contributed by atoms with Crippen LogP contribution in [0.15, 0.2) is 131 Å². The highest BCUT2D eigenvalue weighted by Gasteiger charge is 2.41. The van der Waals surface area contributed by atoms with Gasteiger partial charge < -0.3 is 9.64 Å². The minimum atomic E-state index is -4.19. The van der Waals surface area contributed by atoms with Crippen molar-refractivity contribution in [2.24, 2.45) is 0 Å². The summed E-state index contributed by atoms with van der Waals surface area (Å²) in [6, 6.07) is 27.1. The Kier molecular flexibility index (Phi) is 8.57. The number of benzene rings is 4. The van der Waals surface area contributed by atoms with Gasteiger partial charge in [-0.1, -0.05) is 86.7 Å². The third-order valence-corrected chi connectivity index (χ3v) is 12.1. The van der Waals surface area contributed by atoms with Crippen LogP contribution in [0, 0.1) is 0 Å². The second kappa shape index (κ2) is 12.8. The van der Waals surface area contributed by atoms with Crippen LogP contribution in [0.1, 0.15) is 53.4 Å². The SMILES string of the molecule is CC1(C)C(=CC=CC=C2C(=O)c3ccccc3S2(=O)=O)N(CCCS(=O)(=O)O)c2ccc(NC(=O)OC3c4ccccc4-c4ccccc43)cc21. The van der Waals surface area contributed by atoms with Crippen molar-refractivity contribution in [3.05, 3.63) is 148 Å². The monoisotopic (exact) mass is 722 g/mol. The fourth-order valence-electron chi connectivity index (χ4n) is 7.11. The molecular weight excluding hydrogens is 689 g/mol. The van der Waals surface area contributed by atoms with Crippen molar-refractivity contribution in [1.82, 2.24) is 0 Å². The molecule has 0 atom stereocenters. The Labute approximate surface area is 296 Å². The summed E-state index contributed by atoms with van der Waals surface area (Å²) in [7, 11) is -8.14. The van der Waals surface area contributed by atoms with E-state index in [1.165, 1.54) is 24.3 Å². The van der Waals surface area contributed by atoms with E-state index >= 15 is 0 Å². The van der Waals surface area contributed by atoms with Crippen molar-refractivity contribution in [2.45, 2.75) is 36.7 Å². The number of ether oxygens (including phenoxy) is 1. The zero-order valence-electron chi connectivity index (χ0n) is 27.7.